The van der Waals surface area contributed by atoms with Gasteiger partial charge in [-0.3, -0.25) is 0 Å². The molecule has 3 heteroatoms. The zero-order valence-corrected chi connectivity index (χ0v) is 10.5. The van der Waals surface area contributed by atoms with Gasteiger partial charge in [0.15, 0.2) is 0 Å². The molecule has 0 aromatic rings. The molecule has 0 aromatic carbocycles. The van der Waals surface area contributed by atoms with Gasteiger partial charge in [-0.05, 0) is 11.5 Å². The van der Waals surface area contributed by atoms with E-state index in [1.165, 1.54) is 0 Å². The van der Waals surface area contributed by atoms with Gasteiger partial charge in [0.2, 0.25) is 0 Å². The van der Waals surface area contributed by atoms with Gasteiger partial charge in [0.05, 0.1) is 0 Å². The third-order valence-corrected chi connectivity index (χ3v) is 6.23. The van der Waals surface area contributed by atoms with E-state index >= 15 is 0 Å². The molecular formula is C9H21LiOSi. The predicted molar refractivity (Wildman–Crippen MR) is 52.9 cm³/mol. The van der Waals surface area contributed by atoms with Gasteiger partial charge in [0.1, 0.15) is 0 Å². The van der Waals surface area contributed by atoms with Crippen molar-refractivity contribution in [3.05, 3.63) is 6.55 Å². The average molecular weight is 180 g/mol. The summed E-state index contributed by atoms with van der Waals surface area (Å²) in [5.41, 5.74) is 0. The summed E-state index contributed by atoms with van der Waals surface area (Å²) in [5, 5.41) is 0.252. The van der Waals surface area contributed by atoms with Gasteiger partial charge in [-0.1, -0.05) is 34.2 Å². The van der Waals surface area contributed by atoms with Gasteiger partial charge in [0.25, 0.3) is 0 Å². The standard InChI is InChI=1S/C9H21OSi.Li/c1-7-8-10-11(5,6)9(2,3)4;/h5,7-8H2,1-4,6H3;/q-1;+1. The summed E-state index contributed by atoms with van der Waals surface area (Å²) >= 11 is 0. The Morgan fingerprint density at radius 2 is 1.75 bits per heavy atom. The van der Waals surface area contributed by atoms with Crippen LogP contribution in [0.3, 0.4) is 0 Å². The molecule has 12 heavy (non-hydrogen) atoms. The minimum atomic E-state index is -1.68. The summed E-state index contributed by atoms with van der Waals surface area (Å²) in [6, 6.07) is 0. The zero-order valence-electron chi connectivity index (χ0n) is 9.53. The van der Waals surface area contributed by atoms with Crippen molar-refractivity contribution in [3.8, 4) is 0 Å². The molecule has 0 aliphatic carbocycles. The second-order valence-electron chi connectivity index (χ2n) is 4.33. The summed E-state index contributed by atoms with van der Waals surface area (Å²) in [4.78, 5) is 0. The summed E-state index contributed by atoms with van der Waals surface area (Å²) < 4.78 is 5.77. The van der Waals surface area contributed by atoms with Crippen LogP contribution in [0.4, 0.5) is 0 Å². The summed E-state index contributed by atoms with van der Waals surface area (Å²) in [5.74, 6) is 0. The van der Waals surface area contributed by atoms with Crippen molar-refractivity contribution in [2.75, 3.05) is 6.61 Å². The van der Waals surface area contributed by atoms with E-state index in [-0.39, 0.29) is 23.9 Å². The first kappa shape index (κ1) is 15.3. The SMILES string of the molecule is [CH2-][Si](C)(OCCC)C(C)(C)C.[Li+]. The van der Waals surface area contributed by atoms with Gasteiger partial charge in [-0.25, -0.2) is 0 Å². The van der Waals surface area contributed by atoms with Crippen LogP contribution in [-0.4, -0.2) is 14.9 Å². The van der Waals surface area contributed by atoms with Crippen LogP contribution in [-0.2, 0) is 4.43 Å². The first-order chi connectivity index (χ1) is 4.81. The van der Waals surface area contributed by atoms with E-state index < -0.39 is 8.32 Å². The van der Waals surface area contributed by atoms with E-state index in [1.54, 1.807) is 0 Å². The van der Waals surface area contributed by atoms with Crippen LogP contribution in [0, 0.1) is 6.55 Å². The number of hydrogen-bond donors (Lipinski definition) is 0. The molecule has 0 amide bonds. The molecule has 1 nitrogen and oxygen atoms in total. The molecule has 0 aromatic heterocycles. The van der Waals surface area contributed by atoms with Crippen molar-refractivity contribution >= 4 is 8.32 Å². The van der Waals surface area contributed by atoms with Crippen molar-refractivity contribution in [2.45, 2.75) is 45.7 Å². The van der Waals surface area contributed by atoms with E-state index in [0.717, 1.165) is 13.0 Å². The van der Waals surface area contributed by atoms with Gasteiger partial charge in [-0.2, -0.15) is 0 Å². The minimum absolute atomic E-state index is 0. The first-order valence-electron chi connectivity index (χ1n) is 4.30. The predicted octanol–water partition coefficient (Wildman–Crippen LogP) is 0.166. The topological polar surface area (TPSA) is 9.23 Å². The molecule has 0 aliphatic heterocycles. The van der Waals surface area contributed by atoms with Crippen molar-refractivity contribution in [1.29, 1.82) is 0 Å². The Morgan fingerprint density at radius 1 is 1.33 bits per heavy atom. The molecule has 0 bridgehead atoms. The van der Waals surface area contributed by atoms with Crippen molar-refractivity contribution in [1.82, 2.24) is 0 Å². The van der Waals surface area contributed by atoms with Crippen LogP contribution in [0.5, 0.6) is 0 Å². The van der Waals surface area contributed by atoms with Crippen molar-refractivity contribution < 1.29 is 23.3 Å². The van der Waals surface area contributed by atoms with Crippen molar-refractivity contribution in [2.24, 2.45) is 0 Å². The summed E-state index contributed by atoms with van der Waals surface area (Å²) in [6.07, 6.45) is 1.09. The van der Waals surface area contributed by atoms with E-state index in [4.69, 9.17) is 4.43 Å². The van der Waals surface area contributed by atoms with E-state index in [0.29, 0.717) is 0 Å². The molecule has 0 aliphatic rings. The number of rotatable bonds is 3. The molecule has 1 unspecified atom stereocenters. The second kappa shape index (κ2) is 5.49. The maximum atomic E-state index is 5.77. The Morgan fingerprint density at radius 3 is 2.00 bits per heavy atom. The van der Waals surface area contributed by atoms with E-state index in [1.807, 2.05) is 0 Å². The first-order valence-corrected chi connectivity index (χ1v) is 6.92. The number of hydrogen-bond acceptors (Lipinski definition) is 1. The van der Waals surface area contributed by atoms with Gasteiger partial charge < -0.3 is 11.0 Å². The maximum absolute atomic E-state index is 5.77. The molecule has 68 valence electrons. The fraction of sp³-hybridized carbons (Fsp3) is 0.889. The third-order valence-electron chi connectivity index (χ3n) is 2.21. The molecule has 0 spiro atoms. The van der Waals surface area contributed by atoms with Crippen LogP contribution in [0.2, 0.25) is 11.6 Å². The van der Waals surface area contributed by atoms with E-state index in [2.05, 4.69) is 40.8 Å². The quantitative estimate of drug-likeness (QED) is 0.444. The summed E-state index contributed by atoms with van der Waals surface area (Å²) in [7, 11) is -1.68. The van der Waals surface area contributed by atoms with Crippen LogP contribution >= 0.6 is 0 Å². The molecule has 0 saturated heterocycles. The Balaban J connectivity index is 0. The largest absolute Gasteiger partial charge is 1.00 e. The smallest absolute Gasteiger partial charge is 0.448 e. The molecule has 0 saturated carbocycles. The zero-order chi connectivity index (χ0) is 9.12. The second-order valence-corrected chi connectivity index (χ2v) is 8.58. The Labute approximate surface area is 90.6 Å². The fourth-order valence-electron chi connectivity index (χ4n) is 0.544. The molecular weight excluding hydrogens is 159 g/mol. The van der Waals surface area contributed by atoms with Crippen molar-refractivity contribution in [3.63, 3.8) is 0 Å². The van der Waals surface area contributed by atoms with Gasteiger partial charge in [-0.15, -0.1) is 0 Å². The van der Waals surface area contributed by atoms with Gasteiger partial charge in [0, 0.05) is 14.9 Å². The molecule has 0 N–H and O–H groups in total. The third kappa shape index (κ3) is 4.72. The Kier molecular flexibility index (Phi) is 6.98. The summed E-state index contributed by atoms with van der Waals surface area (Å²) in [6.45, 7) is 16.0. The maximum Gasteiger partial charge on any atom is 1.00 e. The molecule has 0 heterocycles. The van der Waals surface area contributed by atoms with E-state index in [9.17, 15) is 0 Å². The minimum Gasteiger partial charge on any atom is -0.448 e. The Bertz CT molecular complexity index is 118. The van der Waals surface area contributed by atoms with Crippen LogP contribution in [0.1, 0.15) is 34.1 Å². The average Bonchev–Trinajstić information content (AvgIpc) is 1.81. The normalized spacial score (nSPS) is 16.5. The molecule has 1 atom stereocenters. The van der Waals surface area contributed by atoms with Crippen LogP contribution in [0.25, 0.3) is 0 Å². The molecule has 0 fully saturated rings. The van der Waals surface area contributed by atoms with Gasteiger partial charge >= 0.3 is 18.9 Å². The fourth-order valence-corrected chi connectivity index (χ4v) is 1.63. The van der Waals surface area contributed by atoms with Crippen LogP contribution < -0.4 is 18.9 Å². The molecule has 0 radical (unpaired) electrons. The monoisotopic (exact) mass is 180 g/mol. The molecule has 0 rings (SSSR count). The van der Waals surface area contributed by atoms with Crippen LogP contribution in [0.15, 0.2) is 0 Å². The Hall–Kier alpha value is 0.774.